The van der Waals surface area contributed by atoms with Gasteiger partial charge >= 0.3 is 0 Å². The van der Waals surface area contributed by atoms with E-state index in [-0.39, 0.29) is 0 Å². The first-order valence-electron chi connectivity index (χ1n) is 18.7. The largest absolute Gasteiger partial charge is 0.450 e. The van der Waals surface area contributed by atoms with E-state index in [9.17, 15) is 0 Å². The van der Waals surface area contributed by atoms with Gasteiger partial charge in [0.05, 0.1) is 27.6 Å². The van der Waals surface area contributed by atoms with Gasteiger partial charge in [0.25, 0.3) is 0 Å². The molecule has 0 fully saturated rings. The Bertz CT molecular complexity index is 3720. The van der Waals surface area contributed by atoms with E-state index in [4.69, 9.17) is 14.4 Å². The molecule has 0 unspecified atom stereocenters. The zero-order valence-electron chi connectivity index (χ0n) is 29.4. The summed E-state index contributed by atoms with van der Waals surface area (Å²) < 4.78 is 11.5. The molecule has 0 atom stereocenters. The fourth-order valence-corrected chi connectivity index (χ4v) is 9.24. The lowest BCUT2D eigenvalue weighted by molar-refractivity contribution is 0.662. The number of fused-ring (bicyclic) bond motifs is 14. The van der Waals surface area contributed by atoms with E-state index in [0.717, 1.165) is 44.3 Å². The van der Waals surface area contributed by atoms with Crippen molar-refractivity contribution in [2.24, 2.45) is 0 Å². The molecule has 254 valence electrons. The van der Waals surface area contributed by atoms with Crippen LogP contribution in [0.3, 0.4) is 0 Å². The summed E-state index contributed by atoms with van der Waals surface area (Å²) in [5.41, 5.74) is 11.4. The van der Waals surface area contributed by atoms with E-state index in [1.165, 1.54) is 65.4 Å². The summed E-state index contributed by atoms with van der Waals surface area (Å²) in [6.07, 6.45) is 0. The van der Waals surface area contributed by atoms with E-state index < -0.39 is 0 Å². The molecule has 5 nitrogen and oxygen atoms in total. The number of hydrogen-bond donors (Lipinski definition) is 0. The molecule has 0 saturated carbocycles. The van der Waals surface area contributed by atoms with Crippen molar-refractivity contribution in [1.82, 2.24) is 18.9 Å². The second-order valence-electron chi connectivity index (χ2n) is 14.6. The Hall–Kier alpha value is -7.50. The van der Waals surface area contributed by atoms with Gasteiger partial charge in [0, 0.05) is 43.3 Å². The average Bonchev–Trinajstić information content (AvgIpc) is 3.98. The Kier molecular flexibility index (Phi) is 5.57. The monoisotopic (exact) mass is 700 g/mol. The van der Waals surface area contributed by atoms with E-state index >= 15 is 0 Å². The van der Waals surface area contributed by atoms with Crippen LogP contribution in [0.25, 0.3) is 121 Å². The number of para-hydroxylation sites is 3. The molecule has 0 aliphatic rings. The molecular weight excluding hydrogens is 673 g/mol. The van der Waals surface area contributed by atoms with E-state index in [2.05, 4.69) is 161 Å². The van der Waals surface area contributed by atoms with Crippen molar-refractivity contribution in [1.29, 1.82) is 0 Å². The van der Waals surface area contributed by atoms with Crippen LogP contribution in [0.2, 0.25) is 0 Å². The van der Waals surface area contributed by atoms with Crippen molar-refractivity contribution >= 4 is 92.7 Å². The van der Waals surface area contributed by atoms with Crippen LogP contribution in [0.4, 0.5) is 0 Å². The first-order valence-corrected chi connectivity index (χ1v) is 18.7. The molecular formula is C50H28N4O. The molecule has 55 heavy (non-hydrogen) atoms. The minimum Gasteiger partial charge on any atom is -0.450 e. The Labute approximate surface area is 313 Å². The van der Waals surface area contributed by atoms with E-state index in [1.54, 1.807) is 0 Å². The average molecular weight is 701 g/mol. The Morgan fingerprint density at radius 1 is 0.418 bits per heavy atom. The van der Waals surface area contributed by atoms with Crippen molar-refractivity contribution in [3.8, 4) is 28.3 Å². The Morgan fingerprint density at radius 2 is 1.13 bits per heavy atom. The summed E-state index contributed by atoms with van der Waals surface area (Å²) >= 11 is 0. The molecule has 5 heterocycles. The zero-order valence-corrected chi connectivity index (χ0v) is 29.4. The molecule has 0 aliphatic heterocycles. The lowest BCUT2D eigenvalue weighted by Crippen LogP contribution is -2.02. The first-order chi connectivity index (χ1) is 27.3. The van der Waals surface area contributed by atoms with Gasteiger partial charge in [-0.15, -0.1) is 0 Å². The van der Waals surface area contributed by atoms with Crippen molar-refractivity contribution < 1.29 is 4.42 Å². The predicted molar refractivity (Wildman–Crippen MR) is 227 cm³/mol. The summed E-state index contributed by atoms with van der Waals surface area (Å²) in [4.78, 5) is 10.7. The van der Waals surface area contributed by atoms with Crippen LogP contribution in [-0.4, -0.2) is 18.9 Å². The Morgan fingerprint density at radius 3 is 2.00 bits per heavy atom. The molecule has 13 rings (SSSR count). The smallest absolute Gasteiger partial charge is 0.197 e. The number of benzene rings is 8. The van der Waals surface area contributed by atoms with Crippen molar-refractivity contribution in [3.63, 3.8) is 0 Å². The maximum atomic E-state index is 6.74. The fourth-order valence-electron chi connectivity index (χ4n) is 9.24. The Balaban J connectivity index is 1.21. The quantitative estimate of drug-likeness (QED) is 0.184. The molecule has 0 N–H and O–H groups in total. The van der Waals surface area contributed by atoms with Crippen molar-refractivity contribution in [2.45, 2.75) is 0 Å². The van der Waals surface area contributed by atoms with Gasteiger partial charge in [-0.05, 0) is 64.4 Å². The summed E-state index contributed by atoms with van der Waals surface area (Å²) in [6.45, 7) is 0. The normalized spacial score (nSPS) is 12.4. The summed E-state index contributed by atoms with van der Waals surface area (Å²) in [6, 6.07) is 60.6. The second-order valence-corrected chi connectivity index (χ2v) is 14.6. The van der Waals surface area contributed by atoms with Gasteiger partial charge in [-0.1, -0.05) is 127 Å². The zero-order chi connectivity index (χ0) is 35.8. The van der Waals surface area contributed by atoms with Gasteiger partial charge in [0.15, 0.2) is 17.2 Å². The highest BCUT2D eigenvalue weighted by Gasteiger charge is 2.27. The van der Waals surface area contributed by atoms with Gasteiger partial charge in [0.1, 0.15) is 11.1 Å². The maximum Gasteiger partial charge on any atom is 0.197 e. The topological polar surface area (TPSA) is 48.3 Å². The van der Waals surface area contributed by atoms with E-state index in [0.29, 0.717) is 11.4 Å². The molecule has 0 spiro atoms. The number of furan rings is 1. The van der Waals surface area contributed by atoms with Gasteiger partial charge in [-0.2, -0.15) is 0 Å². The van der Waals surface area contributed by atoms with Crippen LogP contribution >= 0.6 is 0 Å². The van der Waals surface area contributed by atoms with Crippen molar-refractivity contribution in [3.05, 3.63) is 170 Å². The maximum absolute atomic E-state index is 6.74. The van der Waals surface area contributed by atoms with Gasteiger partial charge in [-0.3, -0.25) is 4.57 Å². The first kappa shape index (κ1) is 29.0. The van der Waals surface area contributed by atoms with Crippen LogP contribution in [0.15, 0.2) is 174 Å². The lowest BCUT2D eigenvalue weighted by Gasteiger charge is -2.11. The number of nitrogens with zero attached hydrogens (tertiary/aromatic N) is 4. The predicted octanol–water partition coefficient (Wildman–Crippen LogP) is 13.1. The van der Waals surface area contributed by atoms with Crippen LogP contribution in [0.5, 0.6) is 0 Å². The highest BCUT2D eigenvalue weighted by Crippen LogP contribution is 2.48. The van der Waals surface area contributed by atoms with Crippen LogP contribution < -0.4 is 0 Å². The van der Waals surface area contributed by atoms with Crippen LogP contribution in [0, 0.1) is 0 Å². The SMILES string of the molecule is c1ccc(-c2ccc3c4cc5c(c6ccccc6n5-c5nc(-c6ccc7ccccc7c6)nc6c5oc5ccccc56)c5c6ccccc6n(c3c2)c45)cc1. The summed E-state index contributed by atoms with van der Waals surface area (Å²) in [7, 11) is 0. The highest BCUT2D eigenvalue weighted by atomic mass is 16.3. The molecule has 0 saturated heterocycles. The third-order valence-corrected chi connectivity index (χ3v) is 11.6. The molecule has 0 bridgehead atoms. The molecule has 0 amide bonds. The molecule has 5 heteroatoms. The molecule has 5 aromatic heterocycles. The molecule has 0 radical (unpaired) electrons. The fraction of sp³-hybridized carbons (Fsp3) is 0. The lowest BCUT2D eigenvalue weighted by atomic mass is 10.0. The highest BCUT2D eigenvalue weighted by molar-refractivity contribution is 6.36. The number of aromatic nitrogens is 4. The third-order valence-electron chi connectivity index (χ3n) is 11.6. The molecule has 8 aromatic carbocycles. The van der Waals surface area contributed by atoms with Crippen LogP contribution in [-0.2, 0) is 0 Å². The van der Waals surface area contributed by atoms with Crippen molar-refractivity contribution in [2.75, 3.05) is 0 Å². The summed E-state index contributed by atoms with van der Waals surface area (Å²) in [5.74, 6) is 1.38. The minimum atomic E-state index is 0.659. The molecule has 13 aromatic rings. The minimum absolute atomic E-state index is 0.659. The second kappa shape index (κ2) is 10.6. The molecule has 0 aliphatic carbocycles. The number of rotatable bonds is 3. The number of hydrogen-bond acceptors (Lipinski definition) is 3. The summed E-state index contributed by atoms with van der Waals surface area (Å²) in [5, 5.41) is 10.6. The van der Waals surface area contributed by atoms with Gasteiger partial charge in [0.2, 0.25) is 0 Å². The van der Waals surface area contributed by atoms with Gasteiger partial charge < -0.3 is 8.82 Å². The van der Waals surface area contributed by atoms with Crippen LogP contribution in [0.1, 0.15) is 0 Å². The third kappa shape index (κ3) is 3.86. The van der Waals surface area contributed by atoms with Gasteiger partial charge in [-0.25, -0.2) is 9.97 Å². The standard InChI is InChI=1S/C50H28N4O/c1-2-12-29(13-3-1)32-24-25-34-38-28-42-44(45-36-17-7-9-19-39(36)53(47(38)45)41(34)27-32)35-16-6-10-20-40(35)54(42)50-48-46(37-18-8-11-21-43(37)55-48)51-49(52-50)33-23-22-30-14-4-5-15-31(30)26-33/h1-28H. The van der Waals surface area contributed by atoms with E-state index in [1.807, 2.05) is 18.2 Å².